The lowest BCUT2D eigenvalue weighted by atomic mass is 10.2. The summed E-state index contributed by atoms with van der Waals surface area (Å²) < 4.78 is 5.13. The smallest absolute Gasteiger partial charge is 0.0498 e. The summed E-state index contributed by atoms with van der Waals surface area (Å²) in [6, 6.07) is 0. The van der Waals surface area contributed by atoms with E-state index in [9.17, 15) is 0 Å². The molecule has 0 aromatic heterocycles. The van der Waals surface area contributed by atoms with E-state index in [0.29, 0.717) is 0 Å². The van der Waals surface area contributed by atoms with Gasteiger partial charge in [0.2, 0.25) is 0 Å². The average Bonchev–Trinajstić information content (AvgIpc) is 2.14. The molecule has 1 fully saturated rings. The fraction of sp³-hybridized carbons (Fsp3) is 1.00. The van der Waals surface area contributed by atoms with Crippen LogP contribution in [0.3, 0.4) is 0 Å². The molecule has 0 spiro atoms. The van der Waals surface area contributed by atoms with Gasteiger partial charge in [0.1, 0.15) is 0 Å². The third-order valence-corrected chi connectivity index (χ3v) is 2.02. The minimum atomic E-state index is 0.838. The molecule has 2 atom stereocenters. The second-order valence-electron chi connectivity index (χ2n) is 1.97. The topological polar surface area (TPSA) is 9.23 Å². The molecule has 7 heavy (non-hydrogen) atoms. The Morgan fingerprint density at radius 2 is 2.57 bits per heavy atom. The molecule has 0 bridgehead atoms. The molecule has 0 radical (unpaired) electrons. The van der Waals surface area contributed by atoms with Gasteiger partial charge in [0.15, 0.2) is 0 Å². The largest absolute Gasteiger partial charge is 0.381 e. The van der Waals surface area contributed by atoms with Crippen molar-refractivity contribution in [1.29, 1.82) is 0 Å². The third-order valence-electron chi connectivity index (χ3n) is 1.36. The van der Waals surface area contributed by atoms with Crippen molar-refractivity contribution < 1.29 is 4.74 Å². The lowest BCUT2D eigenvalue weighted by Crippen LogP contribution is -1.98. The van der Waals surface area contributed by atoms with Gasteiger partial charge >= 0.3 is 0 Å². The first-order valence-corrected chi connectivity index (χ1v) is 3.53. The van der Waals surface area contributed by atoms with Crippen LogP contribution in [0.1, 0.15) is 6.42 Å². The van der Waals surface area contributed by atoms with Crippen molar-refractivity contribution in [2.24, 2.45) is 5.92 Å². The van der Waals surface area contributed by atoms with Crippen molar-refractivity contribution in [3.05, 3.63) is 0 Å². The number of ether oxygens (including phenoxy) is 1. The van der Waals surface area contributed by atoms with Crippen LogP contribution in [0.2, 0.25) is 0 Å². The van der Waals surface area contributed by atoms with Crippen molar-refractivity contribution in [1.82, 2.24) is 0 Å². The molecule has 2 heteroatoms. The quantitative estimate of drug-likeness (QED) is 0.465. The first-order chi connectivity index (χ1) is 3.43. The van der Waals surface area contributed by atoms with Crippen LogP contribution < -0.4 is 0 Å². The van der Waals surface area contributed by atoms with E-state index < -0.39 is 0 Å². The second kappa shape index (κ2) is 2.64. The van der Waals surface area contributed by atoms with Gasteiger partial charge in [-0.05, 0) is 18.5 Å². The van der Waals surface area contributed by atoms with Gasteiger partial charge in [-0.2, -0.15) is 0 Å². The highest BCUT2D eigenvalue weighted by atomic mass is 31.0. The number of hydrogen-bond donors (Lipinski definition) is 0. The lowest BCUT2D eigenvalue weighted by molar-refractivity contribution is 0.189. The molecule has 1 saturated heterocycles. The van der Waals surface area contributed by atoms with Crippen LogP contribution in [-0.2, 0) is 4.74 Å². The van der Waals surface area contributed by atoms with Gasteiger partial charge in [0.25, 0.3) is 0 Å². The van der Waals surface area contributed by atoms with Gasteiger partial charge in [0.05, 0.1) is 0 Å². The van der Waals surface area contributed by atoms with Crippen LogP contribution in [0.15, 0.2) is 0 Å². The maximum atomic E-state index is 5.13. The standard InChI is InChI=1S/C5H11OP/c7-4-5-1-2-6-3-5/h5H,1-4,7H2. The Labute approximate surface area is 46.6 Å². The van der Waals surface area contributed by atoms with E-state index in [-0.39, 0.29) is 0 Å². The van der Waals surface area contributed by atoms with E-state index >= 15 is 0 Å². The summed E-state index contributed by atoms with van der Waals surface area (Å²) in [7, 11) is 2.74. The molecule has 1 heterocycles. The maximum absolute atomic E-state index is 5.13. The summed E-state index contributed by atoms with van der Waals surface area (Å²) in [5.74, 6) is 0.838. The van der Waals surface area contributed by atoms with Gasteiger partial charge in [-0.15, -0.1) is 9.24 Å². The molecule has 0 amide bonds. The van der Waals surface area contributed by atoms with Gasteiger partial charge in [0, 0.05) is 13.2 Å². The predicted octanol–water partition coefficient (Wildman–Crippen LogP) is 0.898. The molecule has 0 aliphatic carbocycles. The Hall–Kier alpha value is 0.390. The highest BCUT2D eigenvalue weighted by molar-refractivity contribution is 7.16. The molecule has 0 N–H and O–H groups in total. The summed E-state index contributed by atoms with van der Waals surface area (Å²) in [5.41, 5.74) is 0. The van der Waals surface area contributed by atoms with Gasteiger partial charge in [-0.3, -0.25) is 0 Å². The van der Waals surface area contributed by atoms with Crippen LogP contribution in [0.5, 0.6) is 0 Å². The Morgan fingerprint density at radius 3 is 2.86 bits per heavy atom. The van der Waals surface area contributed by atoms with Crippen molar-refractivity contribution in [2.75, 3.05) is 19.4 Å². The fourth-order valence-electron chi connectivity index (χ4n) is 0.769. The van der Waals surface area contributed by atoms with Crippen molar-refractivity contribution in [3.63, 3.8) is 0 Å². The van der Waals surface area contributed by atoms with Gasteiger partial charge < -0.3 is 4.74 Å². The van der Waals surface area contributed by atoms with Crippen LogP contribution in [0.4, 0.5) is 0 Å². The zero-order valence-electron chi connectivity index (χ0n) is 4.39. The molecule has 1 rings (SSSR count). The monoisotopic (exact) mass is 118 g/mol. The first kappa shape index (κ1) is 5.53. The zero-order chi connectivity index (χ0) is 5.11. The minimum absolute atomic E-state index is 0.838. The molecular weight excluding hydrogens is 107 g/mol. The highest BCUT2D eigenvalue weighted by Gasteiger charge is 2.11. The highest BCUT2D eigenvalue weighted by Crippen LogP contribution is 2.13. The van der Waals surface area contributed by atoms with E-state index in [1.54, 1.807) is 0 Å². The van der Waals surface area contributed by atoms with Crippen molar-refractivity contribution in [2.45, 2.75) is 6.42 Å². The van der Waals surface area contributed by atoms with E-state index in [1.165, 1.54) is 12.6 Å². The van der Waals surface area contributed by atoms with Crippen LogP contribution in [0.25, 0.3) is 0 Å². The summed E-state index contributed by atoms with van der Waals surface area (Å²) in [4.78, 5) is 0. The molecule has 0 aromatic rings. The molecule has 1 nitrogen and oxygen atoms in total. The summed E-state index contributed by atoms with van der Waals surface area (Å²) in [6.07, 6.45) is 2.48. The fourth-order valence-corrected chi connectivity index (χ4v) is 1.14. The summed E-state index contributed by atoms with van der Waals surface area (Å²) in [5, 5.41) is 0. The third kappa shape index (κ3) is 1.40. The lowest BCUT2D eigenvalue weighted by Gasteiger charge is -1.97. The number of hydrogen-bond acceptors (Lipinski definition) is 1. The SMILES string of the molecule is PCC1CCOC1. The molecule has 42 valence electrons. The first-order valence-electron chi connectivity index (χ1n) is 2.71. The second-order valence-corrected chi connectivity index (χ2v) is 2.44. The maximum Gasteiger partial charge on any atom is 0.0498 e. The van der Waals surface area contributed by atoms with Crippen LogP contribution in [-0.4, -0.2) is 19.4 Å². The molecular formula is C5H11OP. The Morgan fingerprint density at radius 1 is 1.71 bits per heavy atom. The van der Waals surface area contributed by atoms with Gasteiger partial charge in [-0.1, -0.05) is 0 Å². The van der Waals surface area contributed by atoms with E-state index in [1.807, 2.05) is 0 Å². The minimum Gasteiger partial charge on any atom is -0.381 e. The number of rotatable bonds is 1. The summed E-state index contributed by atoms with van der Waals surface area (Å²) >= 11 is 0. The average molecular weight is 118 g/mol. The van der Waals surface area contributed by atoms with Crippen LogP contribution >= 0.6 is 9.24 Å². The molecule has 2 unspecified atom stereocenters. The Bertz CT molecular complexity index is 50.0. The van der Waals surface area contributed by atoms with Crippen LogP contribution in [0, 0.1) is 5.92 Å². The molecule has 1 aliphatic rings. The van der Waals surface area contributed by atoms with E-state index in [2.05, 4.69) is 9.24 Å². The molecule has 1 aliphatic heterocycles. The van der Waals surface area contributed by atoms with Crippen molar-refractivity contribution in [3.8, 4) is 0 Å². The molecule has 0 saturated carbocycles. The predicted molar refractivity (Wildman–Crippen MR) is 33.5 cm³/mol. The van der Waals surface area contributed by atoms with Crippen molar-refractivity contribution >= 4 is 9.24 Å². The van der Waals surface area contributed by atoms with Gasteiger partial charge in [-0.25, -0.2) is 0 Å². The molecule has 0 aromatic carbocycles. The Kier molecular flexibility index (Phi) is 2.08. The zero-order valence-corrected chi connectivity index (χ0v) is 5.55. The van der Waals surface area contributed by atoms with E-state index in [4.69, 9.17) is 4.74 Å². The Balaban J connectivity index is 2.14. The normalized spacial score (nSPS) is 31.3. The summed E-state index contributed by atoms with van der Waals surface area (Å²) in [6.45, 7) is 1.97. The van der Waals surface area contributed by atoms with E-state index in [0.717, 1.165) is 19.1 Å².